The summed E-state index contributed by atoms with van der Waals surface area (Å²) in [6, 6.07) is 1.58. The molecule has 1 atom stereocenters. The maximum Gasteiger partial charge on any atom is 0.337 e. The molecule has 0 saturated heterocycles. The molecule has 0 heterocycles. The fraction of sp³-hybridized carbons (Fsp3) is 0.364. The molecule has 2 N–H and O–H groups in total. The molecule has 0 fully saturated rings. The molecule has 0 bridgehead atoms. The lowest BCUT2D eigenvalue weighted by Crippen LogP contribution is -2.37. The molecule has 9 heteroatoms. The Morgan fingerprint density at radius 1 is 1.50 bits per heavy atom. The molecular formula is C11H13BrClNO5S. The number of aromatic carboxylic acids is 1. The molecule has 1 aromatic carbocycles. The van der Waals surface area contributed by atoms with E-state index in [1.165, 1.54) is 20.0 Å². The van der Waals surface area contributed by atoms with Gasteiger partial charge in [0.1, 0.15) is 0 Å². The van der Waals surface area contributed by atoms with Gasteiger partial charge in [-0.3, -0.25) is 0 Å². The van der Waals surface area contributed by atoms with Gasteiger partial charge >= 0.3 is 5.97 Å². The molecule has 0 aliphatic carbocycles. The van der Waals surface area contributed by atoms with Crippen molar-refractivity contribution in [3.63, 3.8) is 0 Å². The standard InChI is InChI=1S/C11H13BrClNO5S/c1-6(5-15)14(2)20(18,19)7-3-8(11(16)17)10(13)9(12)4-7/h3-4,6,15H,5H2,1-2H3,(H,16,17). The molecule has 0 spiro atoms. The lowest BCUT2D eigenvalue weighted by Gasteiger charge is -2.23. The highest BCUT2D eigenvalue weighted by atomic mass is 79.9. The van der Waals surface area contributed by atoms with Crippen molar-refractivity contribution < 1.29 is 23.4 Å². The molecule has 0 aromatic heterocycles. The first kappa shape index (κ1) is 17.4. The first-order valence-corrected chi connectivity index (χ1v) is 8.05. The zero-order chi connectivity index (χ0) is 15.7. The van der Waals surface area contributed by atoms with E-state index in [9.17, 15) is 13.2 Å². The number of aliphatic hydroxyl groups is 1. The van der Waals surface area contributed by atoms with Gasteiger partial charge in [-0.25, -0.2) is 13.2 Å². The second-order valence-corrected chi connectivity index (χ2v) is 7.35. The number of likely N-dealkylation sites (N-methyl/N-ethyl adjacent to an activating group) is 1. The van der Waals surface area contributed by atoms with Crippen LogP contribution in [-0.2, 0) is 10.0 Å². The summed E-state index contributed by atoms with van der Waals surface area (Å²) in [5.41, 5.74) is -0.315. The van der Waals surface area contributed by atoms with E-state index in [1.54, 1.807) is 0 Å². The van der Waals surface area contributed by atoms with E-state index in [4.69, 9.17) is 21.8 Å². The first-order valence-electron chi connectivity index (χ1n) is 5.44. The van der Waals surface area contributed by atoms with Crippen LogP contribution in [0.5, 0.6) is 0 Å². The molecule has 20 heavy (non-hydrogen) atoms. The number of carboxylic acids is 1. The maximum absolute atomic E-state index is 12.3. The van der Waals surface area contributed by atoms with Crippen LogP contribution < -0.4 is 0 Å². The Morgan fingerprint density at radius 2 is 2.05 bits per heavy atom. The van der Waals surface area contributed by atoms with Gasteiger partial charge in [-0.05, 0) is 35.0 Å². The van der Waals surface area contributed by atoms with Crippen molar-refractivity contribution in [3.05, 3.63) is 27.2 Å². The van der Waals surface area contributed by atoms with Crippen LogP contribution in [0.1, 0.15) is 17.3 Å². The summed E-state index contributed by atoms with van der Waals surface area (Å²) in [5, 5.41) is 18.0. The van der Waals surface area contributed by atoms with E-state index in [-0.39, 0.29) is 26.6 Å². The topological polar surface area (TPSA) is 94.9 Å². The van der Waals surface area contributed by atoms with Crippen molar-refractivity contribution >= 4 is 43.5 Å². The van der Waals surface area contributed by atoms with E-state index >= 15 is 0 Å². The Morgan fingerprint density at radius 3 is 2.50 bits per heavy atom. The number of carbonyl (C=O) groups is 1. The number of benzene rings is 1. The summed E-state index contributed by atoms with van der Waals surface area (Å²) in [6.07, 6.45) is 0. The average molecular weight is 387 g/mol. The Balaban J connectivity index is 3.44. The third-order valence-electron chi connectivity index (χ3n) is 2.79. The van der Waals surface area contributed by atoms with Gasteiger partial charge in [-0.15, -0.1) is 0 Å². The molecule has 0 saturated carbocycles. The first-order chi connectivity index (χ1) is 9.12. The summed E-state index contributed by atoms with van der Waals surface area (Å²) in [4.78, 5) is 10.8. The Bertz CT molecular complexity index is 634. The molecule has 1 unspecified atom stereocenters. The molecule has 0 amide bonds. The van der Waals surface area contributed by atoms with Gasteiger partial charge in [0.15, 0.2) is 0 Å². The summed E-state index contributed by atoms with van der Waals surface area (Å²) >= 11 is 8.84. The predicted molar refractivity (Wildman–Crippen MR) is 77.6 cm³/mol. The van der Waals surface area contributed by atoms with Crippen molar-refractivity contribution in [2.75, 3.05) is 13.7 Å². The quantitative estimate of drug-likeness (QED) is 0.804. The number of rotatable bonds is 5. The Kier molecular flexibility index (Phi) is 5.56. The monoisotopic (exact) mass is 385 g/mol. The molecule has 0 aliphatic rings. The Labute approximate surface area is 130 Å². The van der Waals surface area contributed by atoms with Gasteiger partial charge in [0.05, 0.1) is 22.1 Å². The van der Waals surface area contributed by atoms with E-state index in [1.807, 2.05) is 0 Å². The van der Waals surface area contributed by atoms with E-state index in [2.05, 4.69) is 15.9 Å². The number of halogens is 2. The minimum atomic E-state index is -3.92. The third kappa shape index (κ3) is 3.32. The summed E-state index contributed by atoms with van der Waals surface area (Å²) in [6.45, 7) is 1.18. The lowest BCUT2D eigenvalue weighted by atomic mass is 10.2. The molecule has 0 radical (unpaired) electrons. The smallest absolute Gasteiger partial charge is 0.337 e. The zero-order valence-electron chi connectivity index (χ0n) is 10.7. The van der Waals surface area contributed by atoms with Gasteiger partial charge in [0.2, 0.25) is 10.0 Å². The van der Waals surface area contributed by atoms with Gasteiger partial charge in [-0.2, -0.15) is 4.31 Å². The zero-order valence-corrected chi connectivity index (χ0v) is 13.8. The number of aliphatic hydroxyl groups excluding tert-OH is 1. The van der Waals surface area contributed by atoms with Crippen molar-refractivity contribution in [1.82, 2.24) is 4.31 Å². The van der Waals surface area contributed by atoms with Crippen LogP contribution in [0.2, 0.25) is 5.02 Å². The minimum absolute atomic E-state index is 0.0747. The van der Waals surface area contributed by atoms with Gasteiger partial charge in [0.25, 0.3) is 0 Å². The van der Waals surface area contributed by atoms with Gasteiger partial charge in [-0.1, -0.05) is 11.6 Å². The van der Waals surface area contributed by atoms with Crippen LogP contribution in [0.3, 0.4) is 0 Å². The lowest BCUT2D eigenvalue weighted by molar-refractivity contribution is 0.0696. The van der Waals surface area contributed by atoms with Crippen LogP contribution in [0.4, 0.5) is 0 Å². The fourth-order valence-electron chi connectivity index (χ4n) is 1.39. The largest absolute Gasteiger partial charge is 0.478 e. The predicted octanol–water partition coefficient (Wildman–Crippen LogP) is 1.80. The van der Waals surface area contributed by atoms with Crippen LogP contribution in [0.25, 0.3) is 0 Å². The maximum atomic E-state index is 12.3. The highest BCUT2D eigenvalue weighted by Crippen LogP contribution is 2.31. The van der Waals surface area contributed by atoms with E-state index < -0.39 is 22.0 Å². The SMILES string of the molecule is CC(CO)N(C)S(=O)(=O)c1cc(Br)c(Cl)c(C(=O)O)c1. The van der Waals surface area contributed by atoms with Crippen LogP contribution in [-0.4, -0.2) is 48.6 Å². The number of carboxylic acid groups (broad SMARTS) is 1. The third-order valence-corrected chi connectivity index (χ3v) is 6.00. The summed E-state index contributed by atoms with van der Waals surface area (Å²) in [5.74, 6) is -1.33. The van der Waals surface area contributed by atoms with Crippen molar-refractivity contribution in [2.45, 2.75) is 17.9 Å². The van der Waals surface area contributed by atoms with Crippen molar-refractivity contribution in [2.24, 2.45) is 0 Å². The highest BCUT2D eigenvalue weighted by molar-refractivity contribution is 9.10. The molecule has 6 nitrogen and oxygen atoms in total. The molecule has 1 aromatic rings. The van der Waals surface area contributed by atoms with Crippen molar-refractivity contribution in [3.8, 4) is 0 Å². The van der Waals surface area contributed by atoms with Gasteiger partial charge in [0, 0.05) is 17.6 Å². The number of hydrogen-bond donors (Lipinski definition) is 2. The average Bonchev–Trinajstić information content (AvgIpc) is 2.39. The number of sulfonamides is 1. The highest BCUT2D eigenvalue weighted by Gasteiger charge is 2.27. The van der Waals surface area contributed by atoms with E-state index in [0.29, 0.717) is 0 Å². The molecule has 112 valence electrons. The van der Waals surface area contributed by atoms with E-state index in [0.717, 1.165) is 10.4 Å². The van der Waals surface area contributed by atoms with Gasteiger partial charge < -0.3 is 10.2 Å². The minimum Gasteiger partial charge on any atom is -0.478 e. The fourth-order valence-corrected chi connectivity index (χ4v) is 3.60. The second kappa shape index (κ2) is 6.40. The Hall–Kier alpha value is -0.670. The molecule has 1 rings (SSSR count). The van der Waals surface area contributed by atoms with Crippen LogP contribution in [0.15, 0.2) is 21.5 Å². The van der Waals surface area contributed by atoms with Crippen LogP contribution >= 0.6 is 27.5 Å². The molecule has 0 aliphatic heterocycles. The summed E-state index contributed by atoms with van der Waals surface area (Å²) < 4.78 is 25.8. The normalized spacial score (nSPS) is 13.5. The summed E-state index contributed by atoms with van der Waals surface area (Å²) in [7, 11) is -2.62. The number of nitrogens with zero attached hydrogens (tertiary/aromatic N) is 1. The second-order valence-electron chi connectivity index (χ2n) is 4.12. The van der Waals surface area contributed by atoms with Crippen molar-refractivity contribution in [1.29, 1.82) is 0 Å². The molecular weight excluding hydrogens is 374 g/mol. The number of hydrogen-bond acceptors (Lipinski definition) is 4. The van der Waals surface area contributed by atoms with Crippen LogP contribution in [0, 0.1) is 0 Å².